The molecular weight excluding hydrogens is 653 g/mol. The summed E-state index contributed by atoms with van der Waals surface area (Å²) < 4.78 is 39.7. The Kier molecular flexibility index (Phi) is 10.6. The number of halogens is 3. The fourth-order valence-corrected chi connectivity index (χ4v) is 7.07. The second kappa shape index (κ2) is 15.2. The molecule has 0 radical (unpaired) electrons. The third kappa shape index (κ3) is 8.01. The fourth-order valence-electron chi connectivity index (χ4n) is 7.07. The van der Waals surface area contributed by atoms with Crippen LogP contribution in [0.2, 0.25) is 0 Å². The van der Waals surface area contributed by atoms with Gasteiger partial charge in [0.2, 0.25) is 11.8 Å². The van der Waals surface area contributed by atoms with Gasteiger partial charge in [0.15, 0.2) is 0 Å². The van der Waals surface area contributed by atoms with Crippen LogP contribution in [0.1, 0.15) is 43.2 Å². The summed E-state index contributed by atoms with van der Waals surface area (Å²) in [6, 6.07) is 28.4. The number of allylic oxidation sites excluding steroid dienone is 1. The molecule has 7 nitrogen and oxygen atoms in total. The number of carbonyl (C=O) groups excluding carboxylic acids is 3. The van der Waals surface area contributed by atoms with Crippen molar-refractivity contribution in [2.45, 2.75) is 50.9 Å². The van der Waals surface area contributed by atoms with Crippen LogP contribution in [0.5, 0.6) is 0 Å². The maximum atomic E-state index is 14.7. The van der Waals surface area contributed by atoms with E-state index in [0.717, 1.165) is 48.3 Å². The Labute approximate surface area is 295 Å². The van der Waals surface area contributed by atoms with E-state index in [-0.39, 0.29) is 25.4 Å². The Hall–Kier alpha value is -5.38. The van der Waals surface area contributed by atoms with Crippen LogP contribution in [0.4, 0.5) is 30.2 Å². The fraction of sp³-hybridized carbons (Fsp3) is 0.293. The van der Waals surface area contributed by atoms with Gasteiger partial charge in [0.05, 0.1) is 41.9 Å². The van der Waals surface area contributed by atoms with Crippen molar-refractivity contribution in [1.82, 2.24) is 5.32 Å². The smallest absolute Gasteiger partial charge is 0.369 e. The molecule has 3 amide bonds. The zero-order chi connectivity index (χ0) is 36.1. The molecule has 0 saturated heterocycles. The number of hydrogen-bond acceptors (Lipinski definition) is 4. The van der Waals surface area contributed by atoms with Crippen molar-refractivity contribution in [2.24, 2.45) is 23.5 Å². The van der Waals surface area contributed by atoms with Gasteiger partial charge in [-0.15, -0.1) is 6.58 Å². The Morgan fingerprint density at radius 2 is 1.57 bits per heavy atom. The highest BCUT2D eigenvalue weighted by Crippen LogP contribution is 2.40. The Morgan fingerprint density at radius 3 is 2.20 bits per heavy atom. The zero-order valence-electron chi connectivity index (χ0n) is 28.2. The SMILES string of the molecule is C=CC[C@H](C(N)=O)[C@@H](CC1CCC1)C(=O)NC1CN(c2ccccc2)c2ccccc2N(Cc2cccc(-c3ccc(C(F)(F)F)cc3)c2)C1=O. The Balaban J connectivity index is 1.36. The van der Waals surface area contributed by atoms with Crippen LogP contribution in [-0.4, -0.2) is 30.3 Å². The molecule has 1 heterocycles. The van der Waals surface area contributed by atoms with Crippen molar-refractivity contribution in [3.8, 4) is 11.1 Å². The lowest BCUT2D eigenvalue weighted by Crippen LogP contribution is -2.54. The van der Waals surface area contributed by atoms with Crippen molar-refractivity contribution < 1.29 is 27.6 Å². The van der Waals surface area contributed by atoms with Crippen LogP contribution in [-0.2, 0) is 27.1 Å². The van der Waals surface area contributed by atoms with Gasteiger partial charge in [0.25, 0.3) is 5.91 Å². The molecule has 1 saturated carbocycles. The summed E-state index contributed by atoms with van der Waals surface area (Å²) in [5, 5.41) is 3.06. The predicted molar refractivity (Wildman–Crippen MR) is 193 cm³/mol. The number of carbonyl (C=O) groups is 3. The Morgan fingerprint density at radius 1 is 0.882 bits per heavy atom. The molecule has 4 aromatic rings. The second-order valence-electron chi connectivity index (χ2n) is 13.4. The number of nitrogens with zero attached hydrogens (tertiary/aromatic N) is 2. The molecule has 4 aromatic carbocycles. The van der Waals surface area contributed by atoms with Gasteiger partial charge < -0.3 is 20.9 Å². The first-order valence-electron chi connectivity index (χ1n) is 17.2. The van der Waals surface area contributed by atoms with Crippen molar-refractivity contribution in [3.63, 3.8) is 0 Å². The number of amides is 3. The van der Waals surface area contributed by atoms with Gasteiger partial charge in [-0.25, -0.2) is 0 Å². The van der Waals surface area contributed by atoms with Gasteiger partial charge in [0, 0.05) is 5.69 Å². The third-order valence-corrected chi connectivity index (χ3v) is 10.0. The van der Waals surface area contributed by atoms with E-state index in [9.17, 15) is 27.6 Å². The quantitative estimate of drug-likeness (QED) is 0.147. The van der Waals surface area contributed by atoms with E-state index in [2.05, 4.69) is 11.9 Å². The highest BCUT2D eigenvalue weighted by Gasteiger charge is 2.40. The molecule has 2 aliphatic rings. The topological polar surface area (TPSA) is 95.7 Å². The van der Waals surface area contributed by atoms with Gasteiger partial charge in [-0.1, -0.05) is 86.0 Å². The molecule has 1 aliphatic heterocycles. The van der Waals surface area contributed by atoms with Crippen LogP contribution >= 0.6 is 0 Å². The summed E-state index contributed by atoms with van der Waals surface area (Å²) in [7, 11) is 0. The average molecular weight is 695 g/mol. The number of alkyl halides is 3. The van der Waals surface area contributed by atoms with E-state index in [0.29, 0.717) is 29.2 Å². The maximum Gasteiger partial charge on any atom is 0.416 e. The van der Waals surface area contributed by atoms with E-state index in [1.54, 1.807) is 17.0 Å². The number of primary amides is 1. The molecule has 3 N–H and O–H groups in total. The lowest BCUT2D eigenvalue weighted by atomic mass is 9.74. The number of benzene rings is 4. The molecule has 51 heavy (non-hydrogen) atoms. The largest absolute Gasteiger partial charge is 0.416 e. The molecule has 10 heteroatoms. The number of nitrogens with one attached hydrogen (secondary N) is 1. The summed E-state index contributed by atoms with van der Waals surface area (Å²) in [5.41, 5.74) is 9.38. The van der Waals surface area contributed by atoms with Gasteiger partial charge >= 0.3 is 6.18 Å². The molecule has 0 aromatic heterocycles. The molecule has 1 aliphatic carbocycles. The van der Waals surface area contributed by atoms with Crippen LogP contribution in [0.15, 0.2) is 116 Å². The van der Waals surface area contributed by atoms with E-state index in [1.807, 2.05) is 77.7 Å². The molecule has 264 valence electrons. The first kappa shape index (κ1) is 35.4. The summed E-state index contributed by atoms with van der Waals surface area (Å²) in [6.45, 7) is 4.04. The van der Waals surface area contributed by atoms with Crippen molar-refractivity contribution in [1.29, 1.82) is 0 Å². The lowest BCUT2D eigenvalue weighted by molar-refractivity contribution is -0.137. The average Bonchev–Trinajstić information content (AvgIpc) is 3.21. The van der Waals surface area contributed by atoms with Crippen LogP contribution in [0, 0.1) is 17.8 Å². The third-order valence-electron chi connectivity index (χ3n) is 10.0. The van der Waals surface area contributed by atoms with E-state index in [1.165, 1.54) is 12.1 Å². The number of fused-ring (bicyclic) bond motifs is 1. The van der Waals surface area contributed by atoms with E-state index in [4.69, 9.17) is 5.73 Å². The first-order valence-corrected chi connectivity index (χ1v) is 17.2. The number of nitrogens with two attached hydrogens (primary N) is 1. The van der Waals surface area contributed by atoms with Crippen LogP contribution in [0.25, 0.3) is 11.1 Å². The molecule has 6 rings (SSSR count). The number of para-hydroxylation sites is 3. The van der Waals surface area contributed by atoms with Gasteiger partial charge in [0.1, 0.15) is 6.04 Å². The zero-order valence-corrected chi connectivity index (χ0v) is 28.2. The number of rotatable bonds is 12. The normalized spacial score (nSPS) is 17.5. The molecule has 0 spiro atoms. The summed E-state index contributed by atoms with van der Waals surface area (Å²) >= 11 is 0. The standard InChI is InChI=1S/C41H41F3N4O3/c1-2-10-33(38(45)49)34(24-27-11-8-12-27)39(50)46-35-26-47(32-15-4-3-5-16-32)36-17-6-7-18-37(36)48(40(35)51)25-28-13-9-14-30(23-28)29-19-21-31(22-20-29)41(42,43)44/h2-7,9,13-23,27,33-35H,1,8,10-12,24-26H2,(H2,45,49)(H,46,50)/t33-,34+,35?/m0/s1. The van der Waals surface area contributed by atoms with Gasteiger partial charge in [-0.3, -0.25) is 14.4 Å². The monoisotopic (exact) mass is 694 g/mol. The van der Waals surface area contributed by atoms with Crippen molar-refractivity contribution in [2.75, 3.05) is 16.3 Å². The predicted octanol–water partition coefficient (Wildman–Crippen LogP) is 8.03. The summed E-state index contributed by atoms with van der Waals surface area (Å²) in [6.07, 6.45) is 0.928. The van der Waals surface area contributed by atoms with Crippen LogP contribution < -0.4 is 20.9 Å². The first-order chi connectivity index (χ1) is 24.5. The molecule has 1 fully saturated rings. The highest BCUT2D eigenvalue weighted by atomic mass is 19.4. The Bertz CT molecular complexity index is 1880. The minimum absolute atomic E-state index is 0.130. The number of hydrogen-bond donors (Lipinski definition) is 2. The van der Waals surface area contributed by atoms with Gasteiger partial charge in [-0.05, 0) is 77.9 Å². The number of anilines is 3. The summed E-state index contributed by atoms with van der Waals surface area (Å²) in [5.74, 6) is -2.48. The van der Waals surface area contributed by atoms with E-state index < -0.39 is 41.4 Å². The van der Waals surface area contributed by atoms with Crippen LogP contribution in [0.3, 0.4) is 0 Å². The van der Waals surface area contributed by atoms with Crippen molar-refractivity contribution >= 4 is 34.8 Å². The van der Waals surface area contributed by atoms with E-state index >= 15 is 0 Å². The minimum Gasteiger partial charge on any atom is -0.369 e. The van der Waals surface area contributed by atoms with Crippen molar-refractivity contribution in [3.05, 3.63) is 127 Å². The summed E-state index contributed by atoms with van der Waals surface area (Å²) in [4.78, 5) is 45.2. The molecule has 1 unspecified atom stereocenters. The molecule has 3 atom stereocenters. The molecular formula is C41H41F3N4O3. The maximum absolute atomic E-state index is 14.7. The molecule has 0 bridgehead atoms. The second-order valence-corrected chi connectivity index (χ2v) is 13.4. The minimum atomic E-state index is -4.44. The van der Waals surface area contributed by atoms with Gasteiger partial charge in [-0.2, -0.15) is 13.2 Å². The lowest BCUT2D eigenvalue weighted by Gasteiger charge is -2.33. The highest BCUT2D eigenvalue weighted by molar-refractivity contribution is 6.04.